The van der Waals surface area contributed by atoms with E-state index in [9.17, 15) is 14.4 Å². The molecule has 1 aliphatic heterocycles. The second kappa shape index (κ2) is 7.81. The first-order valence-corrected chi connectivity index (χ1v) is 6.57. The molecule has 8 heteroatoms. The van der Waals surface area contributed by atoms with E-state index in [0.29, 0.717) is 12.5 Å². The molecule has 0 unspecified atom stereocenters. The van der Waals surface area contributed by atoms with E-state index in [4.69, 9.17) is 15.3 Å². The fraction of sp³-hybridized carbons (Fsp3) is 0.750. The number of hydrogen-bond donors (Lipinski definition) is 5. The summed E-state index contributed by atoms with van der Waals surface area (Å²) in [7, 11) is 0. The van der Waals surface area contributed by atoms with Crippen LogP contribution >= 0.6 is 0 Å². The maximum absolute atomic E-state index is 10.8. The van der Waals surface area contributed by atoms with E-state index in [-0.39, 0.29) is 5.91 Å². The van der Waals surface area contributed by atoms with Crippen molar-refractivity contribution in [1.82, 2.24) is 10.9 Å². The van der Waals surface area contributed by atoms with Crippen molar-refractivity contribution in [3.8, 4) is 0 Å². The van der Waals surface area contributed by atoms with Crippen LogP contribution in [0.15, 0.2) is 0 Å². The Morgan fingerprint density at radius 1 is 1.25 bits per heavy atom. The van der Waals surface area contributed by atoms with E-state index in [1.807, 2.05) is 0 Å². The fourth-order valence-electron chi connectivity index (χ4n) is 2.37. The van der Waals surface area contributed by atoms with Crippen LogP contribution in [0.25, 0.3) is 0 Å². The van der Waals surface area contributed by atoms with Crippen LogP contribution in [0.3, 0.4) is 0 Å². The zero-order chi connectivity index (χ0) is 15.1. The van der Waals surface area contributed by atoms with Gasteiger partial charge in [-0.1, -0.05) is 12.8 Å². The normalized spacial score (nSPS) is 23.6. The lowest BCUT2D eigenvalue weighted by Crippen LogP contribution is -2.35. The summed E-state index contributed by atoms with van der Waals surface area (Å²) in [6.07, 6.45) is 3.43. The summed E-state index contributed by atoms with van der Waals surface area (Å²) < 4.78 is 0. The summed E-state index contributed by atoms with van der Waals surface area (Å²) in [4.78, 5) is 30.2. The highest BCUT2D eigenvalue weighted by atomic mass is 16.4. The van der Waals surface area contributed by atoms with E-state index in [0.717, 1.165) is 5.92 Å². The van der Waals surface area contributed by atoms with E-state index in [1.54, 1.807) is 0 Å². The van der Waals surface area contributed by atoms with Crippen LogP contribution in [0.5, 0.6) is 0 Å². The molecule has 0 aromatic rings. The van der Waals surface area contributed by atoms with Gasteiger partial charge in [0.2, 0.25) is 5.91 Å². The number of hydrazine groups is 1. The first kappa shape index (κ1) is 16.4. The molecule has 1 saturated heterocycles. The molecule has 0 spiro atoms. The molecule has 114 valence electrons. The number of carboxylic acids is 2. The molecule has 0 bridgehead atoms. The predicted octanol–water partition coefficient (Wildman–Crippen LogP) is -0.524. The van der Waals surface area contributed by atoms with Gasteiger partial charge in [-0.3, -0.25) is 15.0 Å². The van der Waals surface area contributed by atoms with Crippen LogP contribution < -0.4 is 10.9 Å². The number of carbonyl (C=O) groups is 3. The number of rotatable bonds is 4. The molecule has 2 rings (SSSR count). The minimum Gasteiger partial charge on any atom is -0.481 e. The first-order chi connectivity index (χ1) is 9.40. The molecule has 1 amide bonds. The molecule has 1 aliphatic carbocycles. The summed E-state index contributed by atoms with van der Waals surface area (Å²) in [5.41, 5.74) is 5.71. The molecule has 1 saturated carbocycles. The van der Waals surface area contributed by atoms with Gasteiger partial charge in [0.15, 0.2) is 6.10 Å². The molecule has 2 atom stereocenters. The zero-order valence-corrected chi connectivity index (χ0v) is 11.0. The quantitative estimate of drug-likeness (QED) is 0.469. The molecule has 5 N–H and O–H groups in total. The molecule has 20 heavy (non-hydrogen) atoms. The molecule has 2 aliphatic rings. The second-order valence-corrected chi connectivity index (χ2v) is 5.00. The van der Waals surface area contributed by atoms with Gasteiger partial charge in [0.05, 0.1) is 6.42 Å². The first-order valence-electron chi connectivity index (χ1n) is 6.57. The molecule has 0 aromatic heterocycles. The third kappa shape index (κ3) is 5.54. The molecule has 1 heterocycles. The van der Waals surface area contributed by atoms with E-state index < -0.39 is 24.5 Å². The zero-order valence-electron chi connectivity index (χ0n) is 11.0. The highest BCUT2D eigenvalue weighted by Crippen LogP contribution is 2.29. The SMILES string of the molecule is O=C(O)C[C@H](O)C(=O)O.O=C1C[C@H](C2CCCC2)NN1. The van der Waals surface area contributed by atoms with Crippen LogP contribution in [0.2, 0.25) is 0 Å². The smallest absolute Gasteiger partial charge is 0.333 e. The van der Waals surface area contributed by atoms with Crippen molar-refractivity contribution in [2.45, 2.75) is 50.7 Å². The van der Waals surface area contributed by atoms with E-state index in [2.05, 4.69) is 10.9 Å². The maximum atomic E-state index is 10.8. The van der Waals surface area contributed by atoms with E-state index >= 15 is 0 Å². The standard InChI is InChI=1S/C8H14N2O.C4H6O5/c11-8-5-7(9-10-8)6-3-1-2-4-6;5-2(4(8)9)1-3(6)7/h6-7,9H,1-5H2,(H,10,11);2,5H,1H2,(H,6,7)(H,8,9)/t7-;2-/m10/s1. The highest BCUT2D eigenvalue weighted by Gasteiger charge is 2.30. The maximum Gasteiger partial charge on any atom is 0.333 e. The van der Waals surface area contributed by atoms with Crippen molar-refractivity contribution >= 4 is 17.8 Å². The van der Waals surface area contributed by atoms with Gasteiger partial charge in [0.1, 0.15) is 0 Å². The summed E-state index contributed by atoms with van der Waals surface area (Å²) in [5.74, 6) is -1.95. The number of carbonyl (C=O) groups excluding carboxylic acids is 1. The largest absolute Gasteiger partial charge is 0.481 e. The van der Waals surface area contributed by atoms with Crippen LogP contribution in [-0.2, 0) is 14.4 Å². The van der Waals surface area contributed by atoms with Crippen molar-refractivity contribution in [3.05, 3.63) is 0 Å². The van der Waals surface area contributed by atoms with Gasteiger partial charge < -0.3 is 15.3 Å². The third-order valence-electron chi connectivity index (χ3n) is 3.42. The van der Waals surface area contributed by atoms with Crippen molar-refractivity contribution in [1.29, 1.82) is 0 Å². The van der Waals surface area contributed by atoms with Crippen molar-refractivity contribution < 1.29 is 29.7 Å². The Labute approximate surface area is 116 Å². The number of carboxylic acid groups (broad SMARTS) is 2. The Hall–Kier alpha value is -1.67. The fourth-order valence-corrected chi connectivity index (χ4v) is 2.37. The molecule has 8 nitrogen and oxygen atoms in total. The summed E-state index contributed by atoms with van der Waals surface area (Å²) >= 11 is 0. The van der Waals surface area contributed by atoms with Gasteiger partial charge in [0, 0.05) is 12.5 Å². The highest BCUT2D eigenvalue weighted by molar-refractivity contribution is 5.79. The molecule has 0 aromatic carbocycles. The topological polar surface area (TPSA) is 136 Å². The Balaban J connectivity index is 0.000000206. The summed E-state index contributed by atoms with van der Waals surface area (Å²) in [5, 5.41) is 24.1. The van der Waals surface area contributed by atoms with Crippen LogP contribution in [0, 0.1) is 5.92 Å². The lowest BCUT2D eigenvalue weighted by molar-refractivity contribution is -0.152. The van der Waals surface area contributed by atoms with Gasteiger partial charge in [-0.25, -0.2) is 10.2 Å². The van der Waals surface area contributed by atoms with Gasteiger partial charge in [-0.05, 0) is 18.8 Å². The van der Waals surface area contributed by atoms with Crippen molar-refractivity contribution in [2.24, 2.45) is 5.92 Å². The Morgan fingerprint density at radius 2 is 1.85 bits per heavy atom. The second-order valence-electron chi connectivity index (χ2n) is 5.00. The Morgan fingerprint density at radius 3 is 2.20 bits per heavy atom. The molecular formula is C12H20N2O6. The molecular weight excluding hydrogens is 268 g/mol. The van der Waals surface area contributed by atoms with Crippen molar-refractivity contribution in [3.63, 3.8) is 0 Å². The Kier molecular flexibility index (Phi) is 6.40. The van der Waals surface area contributed by atoms with Gasteiger partial charge in [-0.2, -0.15) is 0 Å². The van der Waals surface area contributed by atoms with Gasteiger partial charge >= 0.3 is 11.9 Å². The number of aliphatic carboxylic acids is 2. The lowest BCUT2D eigenvalue weighted by Gasteiger charge is -2.15. The summed E-state index contributed by atoms with van der Waals surface area (Å²) in [6, 6.07) is 0.421. The average Bonchev–Trinajstić information content (AvgIpc) is 2.99. The average molecular weight is 288 g/mol. The number of amides is 1. The summed E-state index contributed by atoms with van der Waals surface area (Å²) in [6.45, 7) is 0. The predicted molar refractivity (Wildman–Crippen MR) is 67.5 cm³/mol. The number of nitrogens with one attached hydrogen (secondary N) is 2. The Bertz CT molecular complexity index is 367. The number of aliphatic hydroxyl groups is 1. The van der Waals surface area contributed by atoms with Crippen LogP contribution in [-0.4, -0.2) is 45.3 Å². The monoisotopic (exact) mass is 288 g/mol. The van der Waals surface area contributed by atoms with Crippen LogP contribution in [0.1, 0.15) is 38.5 Å². The number of aliphatic hydroxyl groups excluding tert-OH is 1. The van der Waals surface area contributed by atoms with Gasteiger partial charge in [-0.15, -0.1) is 0 Å². The van der Waals surface area contributed by atoms with Gasteiger partial charge in [0.25, 0.3) is 0 Å². The molecule has 2 fully saturated rings. The lowest BCUT2D eigenvalue weighted by atomic mass is 9.97. The third-order valence-corrected chi connectivity index (χ3v) is 3.42. The minimum atomic E-state index is -1.79. The van der Waals surface area contributed by atoms with E-state index in [1.165, 1.54) is 25.7 Å². The van der Waals surface area contributed by atoms with Crippen molar-refractivity contribution in [2.75, 3.05) is 0 Å². The number of hydrogen-bond acceptors (Lipinski definition) is 5. The minimum absolute atomic E-state index is 0.155. The van der Waals surface area contributed by atoms with Crippen LogP contribution in [0.4, 0.5) is 0 Å². The molecule has 0 radical (unpaired) electrons.